The van der Waals surface area contributed by atoms with Crippen LogP contribution in [0, 0.1) is 0 Å². The zero-order valence-corrected chi connectivity index (χ0v) is 15.7. The summed E-state index contributed by atoms with van der Waals surface area (Å²) in [4.78, 5) is 26.8. The zero-order valence-electron chi connectivity index (χ0n) is 15.0. The first kappa shape index (κ1) is 18.3. The normalized spacial score (nSPS) is 11.0. The van der Waals surface area contributed by atoms with Crippen LogP contribution in [0.1, 0.15) is 18.9 Å². The quantitative estimate of drug-likeness (QED) is 0.665. The van der Waals surface area contributed by atoms with Crippen LogP contribution in [0.3, 0.4) is 0 Å². The van der Waals surface area contributed by atoms with Crippen LogP contribution in [0.25, 0.3) is 11.0 Å². The molecule has 0 saturated heterocycles. The third-order valence-corrected chi connectivity index (χ3v) is 4.76. The molecule has 26 heavy (non-hydrogen) atoms. The van der Waals surface area contributed by atoms with Gasteiger partial charge in [-0.25, -0.2) is 4.79 Å². The molecule has 0 spiro atoms. The van der Waals surface area contributed by atoms with Crippen molar-refractivity contribution in [1.82, 2.24) is 14.0 Å². The summed E-state index contributed by atoms with van der Waals surface area (Å²) in [6.07, 6.45) is 0.273. The van der Waals surface area contributed by atoms with Crippen molar-refractivity contribution in [2.24, 2.45) is 0 Å². The summed E-state index contributed by atoms with van der Waals surface area (Å²) in [7, 11) is 1.77. The molecule has 0 radical (unpaired) electrons. The number of amides is 1. The maximum absolute atomic E-state index is 12.6. The predicted molar refractivity (Wildman–Crippen MR) is 104 cm³/mol. The first-order valence-electron chi connectivity index (χ1n) is 8.67. The molecule has 136 valence electrons. The van der Waals surface area contributed by atoms with Gasteiger partial charge in [0.2, 0.25) is 5.91 Å². The smallest absolute Gasteiger partial charge is 0.329 e. The number of carbonyl (C=O) groups is 1. The minimum atomic E-state index is -0.0704. The molecular weight excluding hydrogens is 350 g/mol. The van der Waals surface area contributed by atoms with Gasteiger partial charge in [-0.15, -0.1) is 0 Å². The summed E-state index contributed by atoms with van der Waals surface area (Å²) < 4.78 is 3.42. The number of imidazole rings is 1. The van der Waals surface area contributed by atoms with Crippen LogP contribution >= 0.6 is 11.6 Å². The van der Waals surface area contributed by atoms with Crippen LogP contribution in [0.2, 0.25) is 5.02 Å². The largest absolute Gasteiger partial charge is 0.341 e. The average molecular weight is 372 g/mol. The van der Waals surface area contributed by atoms with Crippen molar-refractivity contribution in [2.45, 2.75) is 33.0 Å². The number of aromatic nitrogens is 2. The fraction of sp³-hybridized carbons (Fsp3) is 0.300. The lowest BCUT2D eigenvalue weighted by Gasteiger charge is -2.17. The van der Waals surface area contributed by atoms with Gasteiger partial charge >= 0.3 is 5.69 Å². The Morgan fingerprint density at radius 3 is 2.42 bits per heavy atom. The van der Waals surface area contributed by atoms with E-state index in [-0.39, 0.29) is 18.0 Å². The first-order chi connectivity index (χ1) is 12.5. The van der Waals surface area contributed by atoms with Crippen LogP contribution in [0.15, 0.2) is 53.3 Å². The van der Waals surface area contributed by atoms with Gasteiger partial charge in [0.05, 0.1) is 11.0 Å². The monoisotopic (exact) mass is 371 g/mol. The van der Waals surface area contributed by atoms with Crippen molar-refractivity contribution in [3.05, 3.63) is 69.6 Å². The lowest BCUT2D eigenvalue weighted by atomic mass is 10.2. The number of halogens is 1. The van der Waals surface area contributed by atoms with Gasteiger partial charge in [-0.05, 0) is 36.8 Å². The zero-order chi connectivity index (χ0) is 18.7. The SMILES string of the molecule is CCn1c(=O)n(CCC(=O)N(C)Cc2cccc(Cl)c2)c2ccccc21. The van der Waals surface area contributed by atoms with Gasteiger partial charge in [-0.1, -0.05) is 35.9 Å². The lowest BCUT2D eigenvalue weighted by molar-refractivity contribution is -0.130. The van der Waals surface area contributed by atoms with Gasteiger partial charge < -0.3 is 4.90 Å². The summed E-state index contributed by atoms with van der Waals surface area (Å²) >= 11 is 5.99. The van der Waals surface area contributed by atoms with E-state index in [9.17, 15) is 9.59 Å². The molecular formula is C20H22ClN3O2. The molecule has 3 rings (SSSR count). The fourth-order valence-electron chi connectivity index (χ4n) is 3.19. The van der Waals surface area contributed by atoms with Crippen molar-refractivity contribution >= 4 is 28.5 Å². The van der Waals surface area contributed by atoms with E-state index in [1.807, 2.05) is 55.5 Å². The molecule has 1 heterocycles. The van der Waals surface area contributed by atoms with Gasteiger partial charge in [0.15, 0.2) is 0 Å². The van der Waals surface area contributed by atoms with Crippen molar-refractivity contribution in [3.63, 3.8) is 0 Å². The molecule has 0 N–H and O–H groups in total. The molecule has 0 unspecified atom stereocenters. The Kier molecular flexibility index (Phi) is 5.47. The molecule has 1 amide bonds. The molecule has 1 aromatic heterocycles. The third kappa shape index (κ3) is 3.68. The topological polar surface area (TPSA) is 47.2 Å². The molecule has 3 aromatic rings. The Hall–Kier alpha value is -2.53. The Morgan fingerprint density at radius 1 is 1.08 bits per heavy atom. The number of hydrogen-bond acceptors (Lipinski definition) is 2. The van der Waals surface area contributed by atoms with Crippen molar-refractivity contribution in [2.75, 3.05) is 7.05 Å². The number of rotatable bonds is 6. The number of fused-ring (bicyclic) bond motifs is 1. The minimum absolute atomic E-state index is 0.00907. The molecule has 0 bridgehead atoms. The second kappa shape index (κ2) is 7.79. The molecule has 0 aliphatic heterocycles. The van der Waals surface area contributed by atoms with E-state index in [0.717, 1.165) is 16.6 Å². The Morgan fingerprint density at radius 2 is 1.77 bits per heavy atom. The maximum Gasteiger partial charge on any atom is 0.329 e. The highest BCUT2D eigenvalue weighted by Gasteiger charge is 2.14. The van der Waals surface area contributed by atoms with Crippen molar-refractivity contribution in [3.8, 4) is 0 Å². The predicted octanol–water partition coefficient (Wildman–Crippen LogP) is 3.53. The van der Waals surface area contributed by atoms with Crippen molar-refractivity contribution in [1.29, 1.82) is 0 Å². The van der Waals surface area contributed by atoms with E-state index in [0.29, 0.717) is 24.7 Å². The van der Waals surface area contributed by atoms with E-state index in [1.54, 1.807) is 21.1 Å². The number of para-hydroxylation sites is 2. The maximum atomic E-state index is 12.6. The summed E-state index contributed by atoms with van der Waals surface area (Å²) in [5.74, 6) is -0.00907. The van der Waals surface area contributed by atoms with Gasteiger partial charge in [0.25, 0.3) is 0 Å². The second-order valence-corrected chi connectivity index (χ2v) is 6.73. The molecule has 0 aliphatic rings. The Bertz CT molecular complexity index is 990. The number of benzene rings is 2. The highest BCUT2D eigenvalue weighted by Crippen LogP contribution is 2.15. The molecule has 0 saturated carbocycles. The van der Waals surface area contributed by atoms with Crippen LogP contribution in [-0.4, -0.2) is 27.0 Å². The second-order valence-electron chi connectivity index (χ2n) is 6.30. The highest BCUT2D eigenvalue weighted by atomic mass is 35.5. The average Bonchev–Trinajstić information content (AvgIpc) is 2.90. The molecule has 0 aliphatic carbocycles. The molecule has 0 fully saturated rings. The number of hydrogen-bond donors (Lipinski definition) is 0. The van der Waals surface area contributed by atoms with Gasteiger partial charge in [0.1, 0.15) is 0 Å². The molecule has 0 atom stereocenters. The summed E-state index contributed by atoms with van der Waals surface area (Å²) in [6, 6.07) is 15.2. The molecule has 2 aromatic carbocycles. The van der Waals surface area contributed by atoms with E-state index >= 15 is 0 Å². The Labute approximate surface area is 157 Å². The third-order valence-electron chi connectivity index (χ3n) is 4.53. The fourth-order valence-corrected chi connectivity index (χ4v) is 3.40. The van der Waals surface area contributed by atoms with E-state index < -0.39 is 0 Å². The van der Waals surface area contributed by atoms with Crippen LogP contribution in [-0.2, 0) is 24.4 Å². The standard InChI is InChI=1S/C20H22ClN3O2/c1-3-23-17-9-4-5-10-18(17)24(20(23)26)12-11-19(25)22(2)14-15-7-6-8-16(21)13-15/h4-10,13H,3,11-12,14H2,1-2H3. The summed E-state index contributed by atoms with van der Waals surface area (Å²) in [5.41, 5.74) is 2.68. The highest BCUT2D eigenvalue weighted by molar-refractivity contribution is 6.30. The van der Waals surface area contributed by atoms with E-state index in [4.69, 9.17) is 11.6 Å². The molecule has 6 heteroatoms. The number of nitrogens with zero attached hydrogens (tertiary/aromatic N) is 3. The van der Waals surface area contributed by atoms with Crippen LogP contribution < -0.4 is 5.69 Å². The summed E-state index contributed by atoms with van der Waals surface area (Å²) in [6.45, 7) is 3.41. The van der Waals surface area contributed by atoms with E-state index in [1.165, 1.54) is 0 Å². The van der Waals surface area contributed by atoms with Crippen LogP contribution in [0.5, 0.6) is 0 Å². The molecule has 5 nitrogen and oxygen atoms in total. The lowest BCUT2D eigenvalue weighted by Crippen LogP contribution is -2.29. The van der Waals surface area contributed by atoms with E-state index in [2.05, 4.69) is 0 Å². The summed E-state index contributed by atoms with van der Waals surface area (Å²) in [5, 5.41) is 0.655. The van der Waals surface area contributed by atoms with Crippen LogP contribution in [0.4, 0.5) is 0 Å². The number of carbonyl (C=O) groups excluding carboxylic acids is 1. The van der Waals surface area contributed by atoms with Crippen molar-refractivity contribution < 1.29 is 4.79 Å². The van der Waals surface area contributed by atoms with Gasteiger partial charge in [0, 0.05) is 38.1 Å². The van der Waals surface area contributed by atoms with Gasteiger partial charge in [-0.3, -0.25) is 13.9 Å². The number of aryl methyl sites for hydroxylation is 2. The Balaban J connectivity index is 1.73. The first-order valence-corrected chi connectivity index (χ1v) is 9.05. The minimum Gasteiger partial charge on any atom is -0.341 e. The van der Waals surface area contributed by atoms with Gasteiger partial charge in [-0.2, -0.15) is 0 Å².